The molecule has 6 nitrogen and oxygen atoms in total. The van der Waals surface area contributed by atoms with Crippen molar-refractivity contribution >= 4 is 44.8 Å². The van der Waals surface area contributed by atoms with Crippen molar-refractivity contribution in [2.75, 3.05) is 18.5 Å². The normalized spacial score (nSPS) is 11.3. The van der Waals surface area contributed by atoms with Crippen LogP contribution in [0.25, 0.3) is 21.9 Å². The number of amides is 1. The molecule has 1 amide bonds. The third-order valence-corrected chi connectivity index (χ3v) is 7.33. The number of thiazole rings is 1. The Balaban J connectivity index is 1.36. The summed E-state index contributed by atoms with van der Waals surface area (Å²) in [6.45, 7) is 5.37. The Labute approximate surface area is 244 Å². The molecule has 5 aromatic rings. The van der Waals surface area contributed by atoms with Gasteiger partial charge in [0.2, 0.25) is 5.91 Å². The van der Waals surface area contributed by atoms with Gasteiger partial charge in [0.25, 0.3) is 0 Å². The van der Waals surface area contributed by atoms with Crippen LogP contribution in [0.1, 0.15) is 36.4 Å². The second-order valence-electron chi connectivity index (χ2n) is 9.25. The maximum absolute atomic E-state index is 13.3. The number of carbonyl (C=O) groups is 1. The molecule has 0 aliphatic carbocycles. The minimum atomic E-state index is -0.148. The lowest BCUT2D eigenvalue weighted by atomic mass is 10.1. The molecule has 0 aliphatic rings. The summed E-state index contributed by atoms with van der Waals surface area (Å²) in [4.78, 5) is 18.1. The van der Waals surface area contributed by atoms with Crippen LogP contribution in [0, 0.1) is 0 Å². The fourth-order valence-electron chi connectivity index (χ4n) is 4.31. The first-order valence-electron chi connectivity index (χ1n) is 13.6. The molecule has 1 heterocycles. The van der Waals surface area contributed by atoms with Crippen LogP contribution in [0.3, 0.4) is 0 Å². The van der Waals surface area contributed by atoms with Crippen LogP contribution in [0.5, 0.6) is 17.2 Å². The number of nitrogens with one attached hydrogen (secondary N) is 1. The zero-order chi connectivity index (χ0) is 28.4. The van der Waals surface area contributed by atoms with E-state index in [-0.39, 0.29) is 12.3 Å². The topological polar surface area (TPSA) is 69.7 Å². The summed E-state index contributed by atoms with van der Waals surface area (Å²) in [5.41, 5.74) is 4.46. The molecule has 0 fully saturated rings. The Morgan fingerprint density at radius 3 is 2.32 bits per heavy atom. The van der Waals surface area contributed by atoms with Gasteiger partial charge in [-0.05, 0) is 73.0 Å². The van der Waals surface area contributed by atoms with Gasteiger partial charge in [-0.2, -0.15) is 0 Å². The van der Waals surface area contributed by atoms with Crippen LogP contribution < -0.4 is 19.5 Å². The number of carbonyl (C=O) groups excluding carboxylic acids is 1. The SMILES string of the molecule is CCOc1ccc(NC(=O)CC(=Cc2ccc(OCc3ccccc3)cc2)c2nc3ccccc3s2)cc1OCC. The van der Waals surface area contributed by atoms with Crippen molar-refractivity contribution in [1.82, 2.24) is 4.98 Å². The number of ether oxygens (including phenoxy) is 3. The zero-order valence-corrected chi connectivity index (χ0v) is 23.9. The molecule has 0 saturated heterocycles. The summed E-state index contributed by atoms with van der Waals surface area (Å²) >= 11 is 1.58. The zero-order valence-electron chi connectivity index (χ0n) is 23.1. The summed E-state index contributed by atoms with van der Waals surface area (Å²) in [5.74, 6) is 1.89. The Morgan fingerprint density at radius 1 is 0.829 bits per heavy atom. The van der Waals surface area contributed by atoms with Gasteiger partial charge in [0.05, 0.1) is 29.9 Å². The van der Waals surface area contributed by atoms with Gasteiger partial charge in [-0.15, -0.1) is 11.3 Å². The number of benzene rings is 4. The molecule has 7 heteroatoms. The van der Waals surface area contributed by atoms with Crippen LogP contribution in [0.4, 0.5) is 5.69 Å². The molecule has 0 bridgehead atoms. The number of aromatic nitrogens is 1. The van der Waals surface area contributed by atoms with Crippen molar-refractivity contribution in [2.24, 2.45) is 0 Å². The molecular formula is C34H32N2O4S. The molecule has 0 radical (unpaired) electrons. The molecule has 1 aromatic heterocycles. The minimum absolute atomic E-state index is 0.148. The molecule has 208 valence electrons. The molecular weight excluding hydrogens is 532 g/mol. The lowest BCUT2D eigenvalue weighted by Crippen LogP contribution is -2.12. The van der Waals surface area contributed by atoms with E-state index in [2.05, 4.69) is 5.32 Å². The Morgan fingerprint density at radius 2 is 1.56 bits per heavy atom. The van der Waals surface area contributed by atoms with Crippen LogP contribution in [-0.2, 0) is 11.4 Å². The van der Waals surface area contributed by atoms with Crippen molar-refractivity contribution < 1.29 is 19.0 Å². The number of hydrogen-bond acceptors (Lipinski definition) is 6. The van der Waals surface area contributed by atoms with Crippen LogP contribution >= 0.6 is 11.3 Å². The van der Waals surface area contributed by atoms with Crippen LogP contribution in [-0.4, -0.2) is 24.1 Å². The summed E-state index contributed by atoms with van der Waals surface area (Å²) in [5, 5.41) is 3.83. The highest BCUT2D eigenvalue weighted by molar-refractivity contribution is 7.19. The maximum Gasteiger partial charge on any atom is 0.228 e. The number of nitrogens with zero attached hydrogens (tertiary/aromatic N) is 1. The van der Waals surface area contributed by atoms with E-state index >= 15 is 0 Å². The van der Waals surface area contributed by atoms with Gasteiger partial charge < -0.3 is 19.5 Å². The molecule has 0 saturated carbocycles. The van der Waals surface area contributed by atoms with Crippen molar-refractivity contribution in [1.29, 1.82) is 0 Å². The number of hydrogen-bond donors (Lipinski definition) is 1. The number of rotatable bonds is 12. The lowest BCUT2D eigenvalue weighted by molar-refractivity contribution is -0.115. The highest BCUT2D eigenvalue weighted by Gasteiger charge is 2.15. The number of anilines is 1. The third-order valence-electron chi connectivity index (χ3n) is 6.22. The van der Waals surface area contributed by atoms with E-state index in [1.807, 2.05) is 111 Å². The van der Waals surface area contributed by atoms with E-state index in [4.69, 9.17) is 19.2 Å². The van der Waals surface area contributed by atoms with E-state index in [0.717, 1.165) is 37.7 Å². The van der Waals surface area contributed by atoms with Gasteiger partial charge in [-0.25, -0.2) is 4.98 Å². The first-order chi connectivity index (χ1) is 20.1. The third kappa shape index (κ3) is 7.52. The first-order valence-corrected chi connectivity index (χ1v) is 14.5. The van der Waals surface area contributed by atoms with E-state index in [1.54, 1.807) is 17.4 Å². The van der Waals surface area contributed by atoms with E-state index in [1.165, 1.54) is 0 Å². The number of fused-ring (bicyclic) bond motifs is 1. The van der Waals surface area contributed by atoms with Crippen LogP contribution in [0.15, 0.2) is 97.1 Å². The Hall–Kier alpha value is -4.62. The van der Waals surface area contributed by atoms with Gasteiger partial charge >= 0.3 is 0 Å². The van der Waals surface area contributed by atoms with Gasteiger partial charge in [-0.1, -0.05) is 54.6 Å². The second-order valence-corrected chi connectivity index (χ2v) is 10.3. The molecule has 0 unspecified atom stereocenters. The second kappa shape index (κ2) is 13.6. The molecule has 41 heavy (non-hydrogen) atoms. The summed E-state index contributed by atoms with van der Waals surface area (Å²) in [6, 6.07) is 31.4. The highest BCUT2D eigenvalue weighted by atomic mass is 32.1. The van der Waals surface area contributed by atoms with Crippen LogP contribution in [0.2, 0.25) is 0 Å². The average Bonchev–Trinajstić information content (AvgIpc) is 3.43. The monoisotopic (exact) mass is 564 g/mol. The number of para-hydroxylation sites is 1. The van der Waals surface area contributed by atoms with Gasteiger partial charge in [-0.3, -0.25) is 4.79 Å². The molecule has 0 spiro atoms. The van der Waals surface area contributed by atoms with Gasteiger partial charge in [0.15, 0.2) is 11.5 Å². The summed E-state index contributed by atoms with van der Waals surface area (Å²) < 4.78 is 18.4. The Bertz CT molecular complexity index is 1600. The van der Waals surface area contributed by atoms with Gasteiger partial charge in [0, 0.05) is 11.8 Å². The molecule has 5 rings (SSSR count). The van der Waals surface area contributed by atoms with Crippen molar-refractivity contribution in [3.05, 3.63) is 113 Å². The van der Waals surface area contributed by atoms with E-state index in [0.29, 0.717) is 37.0 Å². The molecule has 0 aliphatic heterocycles. The summed E-state index contributed by atoms with van der Waals surface area (Å²) in [6.07, 6.45) is 2.17. The molecule has 4 aromatic carbocycles. The standard InChI is InChI=1S/C34H32N2O4S/c1-3-38-30-19-16-27(22-31(30)39-4-2)35-33(37)21-26(34-36-29-12-8-9-13-32(29)41-34)20-24-14-17-28(18-15-24)40-23-25-10-6-5-7-11-25/h5-20,22H,3-4,21,23H2,1-2H3,(H,35,37). The molecule has 0 atom stereocenters. The quantitative estimate of drug-likeness (QED) is 0.165. The highest BCUT2D eigenvalue weighted by Crippen LogP contribution is 2.33. The van der Waals surface area contributed by atoms with Crippen molar-refractivity contribution in [2.45, 2.75) is 26.9 Å². The minimum Gasteiger partial charge on any atom is -0.490 e. The largest absolute Gasteiger partial charge is 0.490 e. The first kappa shape index (κ1) is 27.9. The summed E-state index contributed by atoms with van der Waals surface area (Å²) in [7, 11) is 0. The van der Waals surface area contributed by atoms with Gasteiger partial charge in [0.1, 0.15) is 17.4 Å². The maximum atomic E-state index is 13.3. The van der Waals surface area contributed by atoms with E-state index in [9.17, 15) is 4.79 Å². The lowest BCUT2D eigenvalue weighted by Gasteiger charge is -2.13. The fraction of sp³-hybridized carbons (Fsp3) is 0.176. The Kier molecular flexibility index (Phi) is 9.29. The average molecular weight is 565 g/mol. The predicted molar refractivity (Wildman–Crippen MR) is 167 cm³/mol. The fourth-order valence-corrected chi connectivity index (χ4v) is 5.29. The van der Waals surface area contributed by atoms with E-state index < -0.39 is 0 Å². The van der Waals surface area contributed by atoms with Crippen molar-refractivity contribution in [3.63, 3.8) is 0 Å². The van der Waals surface area contributed by atoms with Crippen molar-refractivity contribution in [3.8, 4) is 17.2 Å². The predicted octanol–water partition coefficient (Wildman–Crippen LogP) is 8.24. The molecule has 1 N–H and O–H groups in total. The smallest absolute Gasteiger partial charge is 0.228 e.